The molecule has 0 amide bonds. The molecule has 0 unspecified atom stereocenters. The molecule has 0 bridgehead atoms. The zero-order chi connectivity index (χ0) is 19.1. The van der Waals surface area contributed by atoms with Crippen molar-refractivity contribution in [3.05, 3.63) is 66.2 Å². The number of nitrogens with zero attached hydrogens (tertiary/aromatic N) is 3. The van der Waals surface area contributed by atoms with E-state index in [1.807, 2.05) is 30.3 Å². The number of hydrogen-bond acceptors (Lipinski definition) is 6. The van der Waals surface area contributed by atoms with E-state index in [-0.39, 0.29) is 24.1 Å². The Morgan fingerprint density at radius 3 is 2.59 bits per heavy atom. The third kappa shape index (κ3) is 4.85. The van der Waals surface area contributed by atoms with Crippen LogP contribution in [0.2, 0.25) is 0 Å². The quantitative estimate of drug-likeness (QED) is 0.434. The van der Waals surface area contributed by atoms with Crippen LogP contribution in [-0.2, 0) is 16.1 Å². The maximum Gasteiger partial charge on any atom is 0.316 e. The number of esters is 1. The predicted molar refractivity (Wildman–Crippen MR) is 99.4 cm³/mol. The zero-order valence-corrected chi connectivity index (χ0v) is 15.5. The largest absolute Gasteiger partial charge is 0.483 e. The molecule has 6 nitrogen and oxygen atoms in total. The first-order valence-electron chi connectivity index (χ1n) is 8.34. The number of carbonyl (C=O) groups excluding carboxylic acids is 1. The van der Waals surface area contributed by atoms with Crippen molar-refractivity contribution in [1.82, 2.24) is 14.8 Å². The molecule has 0 spiro atoms. The van der Waals surface area contributed by atoms with E-state index in [4.69, 9.17) is 9.47 Å². The lowest BCUT2D eigenvalue weighted by atomic mass is 10.3. The number of carbonyl (C=O) groups is 1. The Hall–Kier alpha value is -2.87. The summed E-state index contributed by atoms with van der Waals surface area (Å²) in [6.45, 7) is 2.11. The minimum absolute atomic E-state index is 0.0305. The first-order valence-corrected chi connectivity index (χ1v) is 9.33. The fourth-order valence-electron chi connectivity index (χ4n) is 2.35. The molecule has 0 fully saturated rings. The molecule has 2 aromatic carbocycles. The summed E-state index contributed by atoms with van der Waals surface area (Å²) in [5.41, 5.74) is 0.820. The molecule has 0 radical (unpaired) electrons. The molecule has 0 N–H and O–H groups in total. The summed E-state index contributed by atoms with van der Waals surface area (Å²) in [5.74, 6) is -0.0152. The van der Waals surface area contributed by atoms with Gasteiger partial charge in [-0.1, -0.05) is 42.1 Å². The molecule has 0 saturated carbocycles. The van der Waals surface area contributed by atoms with Gasteiger partial charge in [0, 0.05) is 5.69 Å². The third-order valence-corrected chi connectivity index (χ3v) is 4.44. The number of hydrogen-bond donors (Lipinski definition) is 0. The van der Waals surface area contributed by atoms with Crippen LogP contribution in [0.1, 0.15) is 12.7 Å². The fourth-order valence-corrected chi connectivity index (χ4v) is 3.12. The Kier molecular flexibility index (Phi) is 6.43. The number of thioether (sulfide) groups is 1. The zero-order valence-electron chi connectivity index (χ0n) is 14.7. The van der Waals surface area contributed by atoms with Gasteiger partial charge in [-0.15, -0.1) is 10.2 Å². The summed E-state index contributed by atoms with van der Waals surface area (Å²) in [5, 5.41) is 8.84. The normalized spacial score (nSPS) is 10.6. The molecule has 0 aliphatic rings. The number of halogens is 1. The van der Waals surface area contributed by atoms with Crippen molar-refractivity contribution in [2.45, 2.75) is 18.7 Å². The monoisotopic (exact) mass is 387 g/mol. The van der Waals surface area contributed by atoms with Gasteiger partial charge in [-0.25, -0.2) is 4.39 Å². The third-order valence-electron chi connectivity index (χ3n) is 3.53. The van der Waals surface area contributed by atoms with Crippen molar-refractivity contribution in [3.63, 3.8) is 0 Å². The summed E-state index contributed by atoms with van der Waals surface area (Å²) in [4.78, 5) is 11.7. The number of benzene rings is 2. The second kappa shape index (κ2) is 9.18. The molecule has 1 heterocycles. The Bertz CT molecular complexity index is 902. The summed E-state index contributed by atoms with van der Waals surface area (Å²) >= 11 is 1.22. The smallest absolute Gasteiger partial charge is 0.316 e. The standard InChI is InChI=1S/C19H18FN3O3S/c1-2-25-18(24)13-27-19-22-21-17(23(19)14-8-4-3-5-9-14)12-26-16-11-7-6-10-15(16)20/h3-11H,2,12-13H2,1H3. The summed E-state index contributed by atoms with van der Waals surface area (Å²) in [7, 11) is 0. The van der Waals surface area contributed by atoms with E-state index in [9.17, 15) is 9.18 Å². The van der Waals surface area contributed by atoms with E-state index in [2.05, 4.69) is 10.2 Å². The van der Waals surface area contributed by atoms with Crippen molar-refractivity contribution < 1.29 is 18.7 Å². The lowest BCUT2D eigenvalue weighted by Crippen LogP contribution is -2.09. The van der Waals surface area contributed by atoms with Gasteiger partial charge in [-0.2, -0.15) is 0 Å². The highest BCUT2D eigenvalue weighted by Gasteiger charge is 2.17. The molecule has 0 aliphatic carbocycles. The minimum Gasteiger partial charge on any atom is -0.483 e. The van der Waals surface area contributed by atoms with Crippen LogP contribution in [0.3, 0.4) is 0 Å². The second-order valence-corrected chi connectivity index (χ2v) is 6.33. The molecule has 8 heteroatoms. The SMILES string of the molecule is CCOC(=O)CSc1nnc(COc2ccccc2F)n1-c1ccccc1. The summed E-state index contributed by atoms with van der Waals surface area (Å²) in [6, 6.07) is 15.6. The van der Waals surface area contributed by atoms with Gasteiger partial charge in [0.1, 0.15) is 6.61 Å². The lowest BCUT2D eigenvalue weighted by Gasteiger charge is -2.11. The number of para-hydroxylation sites is 2. The van der Waals surface area contributed by atoms with E-state index in [1.165, 1.54) is 17.8 Å². The van der Waals surface area contributed by atoms with Gasteiger partial charge in [0.2, 0.25) is 0 Å². The first kappa shape index (κ1) is 18.9. The Labute approximate surface area is 160 Å². The van der Waals surface area contributed by atoms with Gasteiger partial charge in [0.25, 0.3) is 0 Å². The number of aromatic nitrogens is 3. The van der Waals surface area contributed by atoms with Crippen LogP contribution >= 0.6 is 11.8 Å². The van der Waals surface area contributed by atoms with Crippen LogP contribution < -0.4 is 4.74 Å². The Balaban J connectivity index is 1.83. The fraction of sp³-hybridized carbons (Fsp3) is 0.211. The van der Waals surface area contributed by atoms with Gasteiger partial charge < -0.3 is 9.47 Å². The molecule has 3 aromatic rings. The van der Waals surface area contributed by atoms with Crippen LogP contribution in [0.5, 0.6) is 5.75 Å². The van der Waals surface area contributed by atoms with E-state index < -0.39 is 5.82 Å². The molecule has 27 heavy (non-hydrogen) atoms. The molecule has 0 saturated heterocycles. The van der Waals surface area contributed by atoms with E-state index in [1.54, 1.807) is 29.7 Å². The van der Waals surface area contributed by atoms with Crippen molar-refractivity contribution in [2.24, 2.45) is 0 Å². The predicted octanol–water partition coefficient (Wildman–Crippen LogP) is 3.64. The number of ether oxygens (including phenoxy) is 2. The minimum atomic E-state index is -0.444. The second-order valence-electron chi connectivity index (χ2n) is 5.38. The molecule has 3 rings (SSSR count). The van der Waals surface area contributed by atoms with Gasteiger partial charge in [-0.05, 0) is 31.2 Å². The van der Waals surface area contributed by atoms with Crippen molar-refractivity contribution in [3.8, 4) is 11.4 Å². The Morgan fingerprint density at radius 1 is 1.11 bits per heavy atom. The van der Waals surface area contributed by atoms with Crippen LogP contribution in [-0.4, -0.2) is 33.1 Å². The summed E-state index contributed by atoms with van der Waals surface area (Å²) < 4.78 is 26.1. The van der Waals surface area contributed by atoms with Gasteiger partial charge in [0.15, 0.2) is 22.5 Å². The van der Waals surface area contributed by atoms with Crippen LogP contribution in [0.15, 0.2) is 59.8 Å². The van der Waals surface area contributed by atoms with Gasteiger partial charge >= 0.3 is 5.97 Å². The lowest BCUT2D eigenvalue weighted by molar-refractivity contribution is -0.139. The topological polar surface area (TPSA) is 66.2 Å². The van der Waals surface area contributed by atoms with E-state index in [0.717, 1.165) is 5.69 Å². The maximum atomic E-state index is 13.8. The average Bonchev–Trinajstić information content (AvgIpc) is 3.09. The van der Waals surface area contributed by atoms with Crippen LogP contribution in [0.25, 0.3) is 5.69 Å². The number of rotatable bonds is 8. The van der Waals surface area contributed by atoms with Crippen molar-refractivity contribution in [2.75, 3.05) is 12.4 Å². The average molecular weight is 387 g/mol. The van der Waals surface area contributed by atoms with Gasteiger partial charge in [0.05, 0.1) is 12.4 Å². The van der Waals surface area contributed by atoms with E-state index in [0.29, 0.717) is 17.6 Å². The van der Waals surface area contributed by atoms with Crippen molar-refractivity contribution in [1.29, 1.82) is 0 Å². The first-order chi connectivity index (χ1) is 13.2. The summed E-state index contributed by atoms with van der Waals surface area (Å²) in [6.07, 6.45) is 0. The highest BCUT2D eigenvalue weighted by atomic mass is 32.2. The Morgan fingerprint density at radius 2 is 1.85 bits per heavy atom. The molecular weight excluding hydrogens is 369 g/mol. The molecular formula is C19H18FN3O3S. The highest BCUT2D eigenvalue weighted by molar-refractivity contribution is 7.99. The van der Waals surface area contributed by atoms with E-state index >= 15 is 0 Å². The molecule has 0 aliphatic heterocycles. The van der Waals surface area contributed by atoms with Crippen molar-refractivity contribution >= 4 is 17.7 Å². The van der Waals surface area contributed by atoms with Crippen LogP contribution in [0, 0.1) is 5.82 Å². The molecule has 1 aromatic heterocycles. The molecule has 140 valence electrons. The maximum absolute atomic E-state index is 13.8. The molecule has 0 atom stereocenters. The van der Waals surface area contributed by atoms with Gasteiger partial charge in [-0.3, -0.25) is 9.36 Å². The highest BCUT2D eigenvalue weighted by Crippen LogP contribution is 2.24. The van der Waals surface area contributed by atoms with Crippen LogP contribution in [0.4, 0.5) is 4.39 Å².